The summed E-state index contributed by atoms with van der Waals surface area (Å²) < 4.78 is 0. The van der Waals surface area contributed by atoms with Crippen LogP contribution in [-0.2, 0) is 0 Å². The Morgan fingerprint density at radius 1 is 1.29 bits per heavy atom. The Labute approximate surface area is 170 Å². The second kappa shape index (κ2) is 8.11. The monoisotopic (exact) mass is 389 g/mol. The lowest BCUT2D eigenvalue weighted by molar-refractivity contribution is 0.207. The van der Waals surface area contributed by atoms with Gasteiger partial charge < -0.3 is 5.73 Å². The SMILES string of the molecule is CCCN1CC=C2C(C#N)=C(N)C(C#N)(C#N)[C@@H](c3cccc(SC)c3)[C@H]2C1. The first-order chi connectivity index (χ1) is 13.6. The predicted octanol–water partition coefficient (Wildman–Crippen LogP) is 3.54. The fourth-order valence-electron chi connectivity index (χ4n) is 4.45. The van der Waals surface area contributed by atoms with Crippen LogP contribution >= 0.6 is 11.8 Å². The highest BCUT2D eigenvalue weighted by Crippen LogP contribution is 2.54. The average Bonchev–Trinajstić information content (AvgIpc) is 2.73. The molecular weight excluding hydrogens is 366 g/mol. The van der Waals surface area contributed by atoms with E-state index in [-0.39, 0.29) is 11.6 Å². The first kappa shape index (κ1) is 20.0. The molecule has 2 aliphatic rings. The first-order valence-corrected chi connectivity index (χ1v) is 10.6. The molecule has 0 unspecified atom stereocenters. The van der Waals surface area contributed by atoms with Crippen molar-refractivity contribution in [3.63, 3.8) is 0 Å². The van der Waals surface area contributed by atoms with E-state index in [1.54, 1.807) is 11.8 Å². The molecule has 0 radical (unpaired) electrons. The van der Waals surface area contributed by atoms with Gasteiger partial charge in [-0.15, -0.1) is 11.8 Å². The third-order valence-electron chi connectivity index (χ3n) is 5.73. The predicted molar refractivity (Wildman–Crippen MR) is 110 cm³/mol. The zero-order valence-corrected chi connectivity index (χ0v) is 17.0. The number of thioether (sulfide) groups is 1. The van der Waals surface area contributed by atoms with Gasteiger partial charge >= 0.3 is 0 Å². The third-order valence-corrected chi connectivity index (χ3v) is 6.46. The molecule has 6 heteroatoms. The van der Waals surface area contributed by atoms with Crippen molar-refractivity contribution in [3.8, 4) is 18.2 Å². The van der Waals surface area contributed by atoms with E-state index in [0.29, 0.717) is 12.1 Å². The summed E-state index contributed by atoms with van der Waals surface area (Å²) in [5.41, 5.74) is 6.98. The average molecular weight is 390 g/mol. The van der Waals surface area contributed by atoms with Crippen LogP contribution in [0, 0.1) is 45.3 Å². The van der Waals surface area contributed by atoms with Gasteiger partial charge in [-0.25, -0.2) is 0 Å². The van der Waals surface area contributed by atoms with Gasteiger partial charge in [-0.2, -0.15) is 15.8 Å². The fraction of sp³-hybridized carbons (Fsp3) is 0.409. The van der Waals surface area contributed by atoms with Gasteiger partial charge in [0.2, 0.25) is 0 Å². The molecule has 0 bridgehead atoms. The second-order valence-electron chi connectivity index (χ2n) is 7.21. The van der Waals surface area contributed by atoms with Crippen LogP contribution in [0.3, 0.4) is 0 Å². The lowest BCUT2D eigenvalue weighted by Crippen LogP contribution is -2.48. The number of allylic oxidation sites excluding steroid dienone is 2. The number of nitrogens with two attached hydrogens (primary N) is 1. The summed E-state index contributed by atoms with van der Waals surface area (Å²) in [4.78, 5) is 3.39. The van der Waals surface area contributed by atoms with Crippen molar-refractivity contribution in [2.45, 2.75) is 24.2 Å². The van der Waals surface area contributed by atoms with Crippen molar-refractivity contribution in [1.82, 2.24) is 4.90 Å². The van der Waals surface area contributed by atoms with Gasteiger partial charge in [0.05, 0.1) is 23.4 Å². The van der Waals surface area contributed by atoms with Crippen LogP contribution in [-0.4, -0.2) is 30.8 Å². The van der Waals surface area contributed by atoms with E-state index in [9.17, 15) is 15.8 Å². The van der Waals surface area contributed by atoms with Gasteiger partial charge in [-0.05, 0) is 42.5 Å². The van der Waals surface area contributed by atoms with Gasteiger partial charge in [0.25, 0.3) is 0 Å². The molecule has 28 heavy (non-hydrogen) atoms. The van der Waals surface area contributed by atoms with Crippen molar-refractivity contribution >= 4 is 11.8 Å². The van der Waals surface area contributed by atoms with E-state index in [1.165, 1.54) is 0 Å². The van der Waals surface area contributed by atoms with Crippen molar-refractivity contribution < 1.29 is 0 Å². The highest BCUT2D eigenvalue weighted by molar-refractivity contribution is 7.98. The van der Waals surface area contributed by atoms with Crippen LogP contribution in [0.25, 0.3) is 0 Å². The standard InChI is InChI=1S/C22H23N5S/c1-3-8-27-9-7-17-18(11-23)21(26)22(13-24,14-25)20(19(17)12-27)15-5-4-6-16(10-15)28-2/h4-7,10,19-20H,3,8-9,12,26H2,1-2H3/t19-,20-/m0/s1. The number of rotatable bonds is 4. The Balaban J connectivity index is 2.27. The Kier molecular flexibility index (Phi) is 5.80. The number of hydrogen-bond acceptors (Lipinski definition) is 6. The Bertz CT molecular complexity index is 942. The van der Waals surface area contributed by atoms with Gasteiger partial charge in [-0.3, -0.25) is 4.90 Å². The normalized spacial score (nSPS) is 23.8. The fourth-order valence-corrected chi connectivity index (χ4v) is 4.92. The topological polar surface area (TPSA) is 101 Å². The molecule has 0 saturated heterocycles. The molecule has 1 aliphatic carbocycles. The molecule has 2 atom stereocenters. The van der Waals surface area contributed by atoms with E-state index < -0.39 is 11.3 Å². The molecule has 3 rings (SSSR count). The molecule has 0 saturated carbocycles. The number of nitriles is 3. The maximum atomic E-state index is 10.1. The molecular formula is C22H23N5S. The van der Waals surface area contributed by atoms with Crippen LogP contribution in [0.1, 0.15) is 24.8 Å². The van der Waals surface area contributed by atoms with E-state index in [4.69, 9.17) is 5.73 Å². The number of nitrogens with zero attached hydrogens (tertiary/aromatic N) is 4. The van der Waals surface area contributed by atoms with E-state index in [1.807, 2.05) is 30.5 Å². The van der Waals surface area contributed by atoms with Crippen molar-refractivity contribution in [2.75, 3.05) is 25.9 Å². The molecule has 0 fully saturated rings. The second-order valence-corrected chi connectivity index (χ2v) is 8.09. The maximum absolute atomic E-state index is 10.1. The number of benzene rings is 1. The molecule has 1 aromatic carbocycles. The molecule has 5 nitrogen and oxygen atoms in total. The van der Waals surface area contributed by atoms with E-state index in [0.717, 1.165) is 35.5 Å². The van der Waals surface area contributed by atoms with Crippen LogP contribution in [0.5, 0.6) is 0 Å². The highest BCUT2D eigenvalue weighted by Gasteiger charge is 2.54. The van der Waals surface area contributed by atoms with Gasteiger partial charge in [0.15, 0.2) is 5.41 Å². The summed E-state index contributed by atoms with van der Waals surface area (Å²) in [6.45, 7) is 4.53. The Hall–Kier alpha value is -2.72. The molecule has 142 valence electrons. The van der Waals surface area contributed by atoms with Crippen molar-refractivity contribution in [2.24, 2.45) is 17.1 Å². The first-order valence-electron chi connectivity index (χ1n) is 9.35. The molecule has 0 amide bonds. The van der Waals surface area contributed by atoms with Gasteiger partial charge in [0, 0.05) is 29.8 Å². The zero-order valence-electron chi connectivity index (χ0n) is 16.1. The van der Waals surface area contributed by atoms with E-state index >= 15 is 0 Å². The molecule has 2 N–H and O–H groups in total. The Morgan fingerprint density at radius 3 is 2.64 bits per heavy atom. The van der Waals surface area contributed by atoms with Crippen LogP contribution in [0.4, 0.5) is 0 Å². The summed E-state index contributed by atoms with van der Waals surface area (Å²) in [6, 6.07) is 14.6. The third kappa shape index (κ3) is 3.08. The minimum absolute atomic E-state index is 0.0889. The van der Waals surface area contributed by atoms with Gasteiger partial charge in [0.1, 0.15) is 6.07 Å². The summed E-state index contributed by atoms with van der Waals surface area (Å²) in [6.07, 6.45) is 5.07. The lowest BCUT2D eigenvalue weighted by Gasteiger charge is -2.45. The lowest BCUT2D eigenvalue weighted by atomic mass is 9.58. The molecule has 1 aromatic rings. The van der Waals surface area contributed by atoms with E-state index in [2.05, 4.69) is 36.1 Å². The minimum Gasteiger partial charge on any atom is -0.399 e. The van der Waals surface area contributed by atoms with Crippen LogP contribution < -0.4 is 5.73 Å². The molecule has 1 aliphatic heterocycles. The molecule has 0 aromatic heterocycles. The highest BCUT2D eigenvalue weighted by atomic mass is 32.2. The summed E-state index contributed by atoms with van der Waals surface area (Å²) in [5, 5.41) is 30.0. The van der Waals surface area contributed by atoms with Crippen LogP contribution in [0.15, 0.2) is 52.1 Å². The summed E-state index contributed by atoms with van der Waals surface area (Å²) in [5.74, 6) is -0.545. The molecule has 0 spiro atoms. The Morgan fingerprint density at radius 2 is 2.04 bits per heavy atom. The smallest absolute Gasteiger partial charge is 0.191 e. The van der Waals surface area contributed by atoms with Crippen molar-refractivity contribution in [1.29, 1.82) is 15.8 Å². The minimum atomic E-state index is -1.56. The van der Waals surface area contributed by atoms with Crippen molar-refractivity contribution in [3.05, 3.63) is 52.7 Å². The summed E-state index contributed by atoms with van der Waals surface area (Å²) in [7, 11) is 0. The van der Waals surface area contributed by atoms with Gasteiger partial charge in [-0.1, -0.05) is 25.1 Å². The molecule has 1 heterocycles. The quantitative estimate of drug-likeness (QED) is 0.791. The zero-order chi connectivity index (χ0) is 20.3. The maximum Gasteiger partial charge on any atom is 0.191 e. The number of fused-ring (bicyclic) bond motifs is 1. The number of hydrogen-bond donors (Lipinski definition) is 1. The van der Waals surface area contributed by atoms with Crippen LogP contribution in [0.2, 0.25) is 0 Å². The summed E-state index contributed by atoms with van der Waals surface area (Å²) >= 11 is 1.62. The largest absolute Gasteiger partial charge is 0.399 e.